The number of hydrogen-bond donors (Lipinski definition) is 2. The first-order valence-corrected chi connectivity index (χ1v) is 6.80. The topological polar surface area (TPSA) is 122 Å². The Hall–Kier alpha value is -1.95. The molecule has 0 saturated carbocycles. The summed E-state index contributed by atoms with van der Waals surface area (Å²) in [6, 6.07) is 7.50. The maximum Gasteiger partial charge on any atom is 0.243 e. The van der Waals surface area contributed by atoms with Crippen LogP contribution in [-0.4, -0.2) is 34.1 Å². The predicted molar refractivity (Wildman–Crippen MR) is 66.4 cm³/mol. The number of benzene rings is 1. The molecule has 8 heteroatoms. The highest BCUT2D eigenvalue weighted by molar-refractivity contribution is 7.89. The third-order valence-corrected chi connectivity index (χ3v) is 3.51. The zero-order valence-electron chi connectivity index (χ0n) is 10.00. The summed E-state index contributed by atoms with van der Waals surface area (Å²) in [4.78, 5) is 10.4. The Labute approximate surface area is 111 Å². The van der Waals surface area contributed by atoms with Crippen LogP contribution in [0.5, 0.6) is 0 Å². The number of primary amides is 1. The summed E-state index contributed by atoms with van der Waals surface area (Å²) in [5.41, 5.74) is 5.11. The number of nitrogens with two attached hydrogens (primary N) is 1. The van der Waals surface area contributed by atoms with Crippen LogP contribution < -0.4 is 10.5 Å². The fraction of sp³-hybridized carbons (Fsp3) is 0.273. The molecule has 0 aliphatic heterocycles. The van der Waals surface area contributed by atoms with Gasteiger partial charge in [0.15, 0.2) is 0 Å². The van der Waals surface area contributed by atoms with Crippen molar-refractivity contribution in [1.82, 2.24) is 4.72 Å². The van der Waals surface area contributed by atoms with Crippen molar-refractivity contribution in [3.8, 4) is 6.07 Å². The van der Waals surface area contributed by atoms with Crippen molar-refractivity contribution in [3.63, 3.8) is 0 Å². The molecule has 3 N–H and O–H groups in total. The average Bonchev–Trinajstić information content (AvgIpc) is 2.38. The lowest BCUT2D eigenvalue weighted by molar-refractivity contribution is -0.122. The highest BCUT2D eigenvalue weighted by Crippen LogP contribution is 2.10. The molecule has 0 heterocycles. The van der Waals surface area contributed by atoms with E-state index in [4.69, 9.17) is 15.7 Å². The standard InChI is InChI=1S/C11H13N3O4S/c12-7-9-2-1-3-10(6-9)19(16,17)14-4-5-18-8-11(13)15/h1-3,6,14H,4-5,8H2,(H2,13,15). The van der Waals surface area contributed by atoms with Crippen molar-refractivity contribution < 1.29 is 17.9 Å². The fourth-order valence-electron chi connectivity index (χ4n) is 1.24. The van der Waals surface area contributed by atoms with Gasteiger partial charge in [-0.1, -0.05) is 6.07 Å². The Bertz CT molecular complexity index is 592. The summed E-state index contributed by atoms with van der Waals surface area (Å²) in [5.74, 6) is -0.621. The van der Waals surface area contributed by atoms with E-state index in [2.05, 4.69) is 4.72 Å². The van der Waals surface area contributed by atoms with E-state index in [1.165, 1.54) is 24.3 Å². The highest BCUT2D eigenvalue weighted by Gasteiger charge is 2.13. The molecule has 1 aromatic rings. The van der Waals surface area contributed by atoms with Crippen LogP contribution in [0.3, 0.4) is 0 Å². The molecule has 0 fully saturated rings. The molecule has 0 spiro atoms. The summed E-state index contributed by atoms with van der Waals surface area (Å²) < 4.78 is 30.8. The van der Waals surface area contributed by atoms with Gasteiger partial charge in [0.1, 0.15) is 6.61 Å². The van der Waals surface area contributed by atoms with Gasteiger partial charge in [0.05, 0.1) is 23.1 Å². The third kappa shape index (κ3) is 5.05. The number of carbonyl (C=O) groups excluding carboxylic acids is 1. The van der Waals surface area contributed by atoms with Crippen LogP contribution in [0.4, 0.5) is 0 Å². The van der Waals surface area contributed by atoms with Gasteiger partial charge in [0, 0.05) is 6.54 Å². The fourth-order valence-corrected chi connectivity index (χ4v) is 2.30. The number of rotatable bonds is 7. The molecule has 19 heavy (non-hydrogen) atoms. The Balaban J connectivity index is 2.56. The molecule has 1 rings (SSSR count). The maximum absolute atomic E-state index is 11.8. The summed E-state index contributed by atoms with van der Waals surface area (Å²) >= 11 is 0. The number of amides is 1. The Morgan fingerprint density at radius 2 is 2.21 bits per heavy atom. The van der Waals surface area contributed by atoms with E-state index >= 15 is 0 Å². The molecule has 0 atom stereocenters. The molecule has 1 amide bonds. The van der Waals surface area contributed by atoms with Crippen LogP contribution in [0, 0.1) is 11.3 Å². The Kier molecular flexibility index (Phi) is 5.44. The first-order chi connectivity index (χ1) is 8.95. The van der Waals surface area contributed by atoms with Gasteiger partial charge >= 0.3 is 0 Å². The first-order valence-electron chi connectivity index (χ1n) is 5.31. The van der Waals surface area contributed by atoms with Crippen molar-refractivity contribution in [2.24, 2.45) is 5.73 Å². The van der Waals surface area contributed by atoms with Crippen LogP contribution in [0.25, 0.3) is 0 Å². The smallest absolute Gasteiger partial charge is 0.243 e. The lowest BCUT2D eigenvalue weighted by atomic mass is 10.2. The summed E-state index contributed by atoms with van der Waals surface area (Å²) in [6.07, 6.45) is 0. The van der Waals surface area contributed by atoms with Crippen LogP contribution in [-0.2, 0) is 19.6 Å². The first kappa shape index (κ1) is 15.1. The van der Waals surface area contributed by atoms with Crippen LogP contribution in [0.1, 0.15) is 5.56 Å². The van der Waals surface area contributed by atoms with E-state index in [1.807, 2.05) is 6.07 Å². The molecule has 7 nitrogen and oxygen atoms in total. The summed E-state index contributed by atoms with van der Waals surface area (Å²) in [6.45, 7) is -0.224. The van der Waals surface area contributed by atoms with Crippen molar-refractivity contribution >= 4 is 15.9 Å². The summed E-state index contributed by atoms with van der Waals surface area (Å²) in [7, 11) is -3.69. The second-order valence-electron chi connectivity index (χ2n) is 3.56. The molecule has 0 unspecified atom stereocenters. The number of nitrogens with one attached hydrogen (secondary N) is 1. The largest absolute Gasteiger partial charge is 0.370 e. The molecule has 0 aliphatic carbocycles. The van der Waals surface area contributed by atoms with Crippen LogP contribution in [0.2, 0.25) is 0 Å². The molecular weight excluding hydrogens is 270 g/mol. The SMILES string of the molecule is N#Cc1cccc(S(=O)(=O)NCCOCC(N)=O)c1. The number of hydrogen-bond acceptors (Lipinski definition) is 5. The second-order valence-corrected chi connectivity index (χ2v) is 5.32. The van der Waals surface area contributed by atoms with Crippen LogP contribution >= 0.6 is 0 Å². The van der Waals surface area contributed by atoms with Gasteiger partial charge in [-0.3, -0.25) is 4.79 Å². The lowest BCUT2D eigenvalue weighted by Crippen LogP contribution is -2.29. The van der Waals surface area contributed by atoms with Gasteiger partial charge in [0.2, 0.25) is 15.9 Å². The predicted octanol–water partition coefficient (Wildman–Crippen LogP) is -0.662. The van der Waals surface area contributed by atoms with Gasteiger partial charge in [-0.15, -0.1) is 0 Å². The quantitative estimate of drug-likeness (QED) is 0.643. The zero-order valence-corrected chi connectivity index (χ0v) is 10.8. The molecule has 0 radical (unpaired) electrons. The van der Waals surface area contributed by atoms with Crippen molar-refractivity contribution in [2.45, 2.75) is 4.90 Å². The average molecular weight is 283 g/mol. The molecule has 1 aromatic carbocycles. The van der Waals surface area contributed by atoms with Crippen LogP contribution in [0.15, 0.2) is 29.2 Å². The maximum atomic E-state index is 11.8. The Morgan fingerprint density at radius 3 is 2.84 bits per heavy atom. The molecule has 0 aliphatic rings. The molecule has 0 aromatic heterocycles. The minimum absolute atomic E-state index is 0.00134. The number of nitriles is 1. The van der Waals surface area contributed by atoms with Gasteiger partial charge in [-0.05, 0) is 18.2 Å². The minimum atomic E-state index is -3.69. The van der Waals surface area contributed by atoms with E-state index in [-0.39, 0.29) is 30.2 Å². The number of ether oxygens (including phenoxy) is 1. The van der Waals surface area contributed by atoms with Crippen molar-refractivity contribution in [2.75, 3.05) is 19.8 Å². The van der Waals surface area contributed by atoms with E-state index in [0.29, 0.717) is 0 Å². The molecule has 102 valence electrons. The Morgan fingerprint density at radius 1 is 1.47 bits per heavy atom. The number of sulfonamides is 1. The van der Waals surface area contributed by atoms with Gasteiger partial charge < -0.3 is 10.5 Å². The number of nitrogens with zero attached hydrogens (tertiary/aromatic N) is 1. The van der Waals surface area contributed by atoms with Gasteiger partial charge in [0.25, 0.3) is 0 Å². The summed E-state index contributed by atoms with van der Waals surface area (Å²) in [5, 5.41) is 8.70. The zero-order chi connectivity index (χ0) is 14.3. The third-order valence-electron chi connectivity index (χ3n) is 2.06. The second kappa shape index (κ2) is 6.84. The van der Waals surface area contributed by atoms with E-state index in [9.17, 15) is 13.2 Å². The monoisotopic (exact) mass is 283 g/mol. The molecule has 0 bridgehead atoms. The van der Waals surface area contributed by atoms with E-state index < -0.39 is 15.9 Å². The number of carbonyl (C=O) groups is 1. The lowest BCUT2D eigenvalue weighted by Gasteiger charge is -2.07. The molecular formula is C11H13N3O4S. The molecule has 0 saturated heterocycles. The van der Waals surface area contributed by atoms with E-state index in [1.54, 1.807) is 0 Å². The van der Waals surface area contributed by atoms with Gasteiger partial charge in [-0.25, -0.2) is 13.1 Å². The van der Waals surface area contributed by atoms with Crippen molar-refractivity contribution in [3.05, 3.63) is 29.8 Å². The highest BCUT2D eigenvalue weighted by atomic mass is 32.2. The van der Waals surface area contributed by atoms with Crippen molar-refractivity contribution in [1.29, 1.82) is 5.26 Å². The normalized spacial score (nSPS) is 10.9. The van der Waals surface area contributed by atoms with Gasteiger partial charge in [-0.2, -0.15) is 5.26 Å². The minimum Gasteiger partial charge on any atom is -0.370 e. The van der Waals surface area contributed by atoms with E-state index in [0.717, 1.165) is 0 Å².